The van der Waals surface area contributed by atoms with Gasteiger partial charge >= 0.3 is 23.9 Å². The Hall–Kier alpha value is -2.16. The Balaban J connectivity index is 0.000000400. The van der Waals surface area contributed by atoms with Crippen molar-refractivity contribution < 1.29 is 44.3 Å². The lowest BCUT2D eigenvalue weighted by molar-refractivity contribution is -0.155. The molecule has 0 radical (unpaired) electrons. The van der Waals surface area contributed by atoms with E-state index in [-0.39, 0.29) is 0 Å². The highest BCUT2D eigenvalue weighted by Crippen LogP contribution is 2.30. The SMILES string of the molecule is O=C(O)C1CCCCC1C(=O)O.O=C(O)COCC(=O)O. The lowest BCUT2D eigenvalue weighted by atomic mass is 9.79. The molecule has 9 heteroatoms. The minimum absolute atomic E-state index is 0.506. The number of hydrogen-bond acceptors (Lipinski definition) is 5. The van der Waals surface area contributed by atoms with Gasteiger partial charge < -0.3 is 25.2 Å². The van der Waals surface area contributed by atoms with Crippen LogP contribution < -0.4 is 0 Å². The molecule has 2 unspecified atom stereocenters. The summed E-state index contributed by atoms with van der Waals surface area (Å²) in [6, 6.07) is 0. The van der Waals surface area contributed by atoms with Crippen molar-refractivity contribution in [3.63, 3.8) is 0 Å². The summed E-state index contributed by atoms with van der Waals surface area (Å²) in [6.07, 6.45) is 2.68. The molecule has 9 nitrogen and oxygen atoms in total. The molecule has 1 rings (SSSR count). The summed E-state index contributed by atoms with van der Waals surface area (Å²) in [6.45, 7) is -1.13. The van der Waals surface area contributed by atoms with Gasteiger partial charge in [0.15, 0.2) is 0 Å². The minimum Gasteiger partial charge on any atom is -0.481 e. The van der Waals surface area contributed by atoms with Gasteiger partial charge in [-0.2, -0.15) is 0 Å². The maximum atomic E-state index is 10.6. The average molecular weight is 306 g/mol. The molecule has 0 aromatic rings. The first-order valence-electron chi connectivity index (χ1n) is 6.22. The van der Waals surface area contributed by atoms with E-state index in [0.29, 0.717) is 12.8 Å². The van der Waals surface area contributed by atoms with E-state index in [0.717, 1.165) is 12.8 Å². The number of hydrogen-bond donors (Lipinski definition) is 4. The summed E-state index contributed by atoms with van der Waals surface area (Å²) >= 11 is 0. The molecule has 0 heterocycles. The molecule has 1 aliphatic carbocycles. The summed E-state index contributed by atoms with van der Waals surface area (Å²) in [5, 5.41) is 33.2. The van der Waals surface area contributed by atoms with Crippen molar-refractivity contribution in [2.75, 3.05) is 13.2 Å². The number of rotatable bonds is 6. The standard InChI is InChI=1S/C8H12O4.C4H6O5/c9-7(10)5-3-1-2-4-6(5)8(11)12;5-3(6)1-9-2-4(7)8/h5-6H,1-4H2,(H,9,10)(H,11,12);1-2H2,(H,5,6)(H,7,8). The fraction of sp³-hybridized carbons (Fsp3) is 0.667. The van der Waals surface area contributed by atoms with Gasteiger partial charge in [-0.1, -0.05) is 12.8 Å². The predicted octanol–water partition coefficient (Wildman–Crippen LogP) is 0.134. The van der Waals surface area contributed by atoms with Crippen LogP contribution in [0.2, 0.25) is 0 Å². The van der Waals surface area contributed by atoms with Crippen LogP contribution in [0.3, 0.4) is 0 Å². The van der Waals surface area contributed by atoms with Gasteiger partial charge in [0.2, 0.25) is 0 Å². The zero-order chi connectivity index (χ0) is 16.4. The Morgan fingerprint density at radius 2 is 1.10 bits per heavy atom. The molecule has 1 saturated carbocycles. The molecular weight excluding hydrogens is 288 g/mol. The number of carbonyl (C=O) groups is 4. The van der Waals surface area contributed by atoms with Gasteiger partial charge in [-0.3, -0.25) is 9.59 Å². The summed E-state index contributed by atoms with van der Waals surface area (Å²) in [5.74, 6) is -5.62. The molecule has 0 aliphatic heterocycles. The molecular formula is C12H18O9. The fourth-order valence-electron chi connectivity index (χ4n) is 1.95. The maximum Gasteiger partial charge on any atom is 0.329 e. The highest BCUT2D eigenvalue weighted by molar-refractivity contribution is 5.80. The Morgan fingerprint density at radius 3 is 1.33 bits per heavy atom. The van der Waals surface area contributed by atoms with E-state index in [4.69, 9.17) is 20.4 Å². The van der Waals surface area contributed by atoms with Crippen LogP contribution in [0.15, 0.2) is 0 Å². The Morgan fingerprint density at radius 1 is 0.762 bits per heavy atom. The van der Waals surface area contributed by atoms with Crippen molar-refractivity contribution in [1.29, 1.82) is 0 Å². The number of carboxylic acid groups (broad SMARTS) is 4. The highest BCUT2D eigenvalue weighted by atomic mass is 16.5. The lowest BCUT2D eigenvalue weighted by Crippen LogP contribution is -2.32. The fourth-order valence-corrected chi connectivity index (χ4v) is 1.95. The molecule has 0 bridgehead atoms. The van der Waals surface area contributed by atoms with E-state index in [9.17, 15) is 19.2 Å². The second-order valence-corrected chi connectivity index (χ2v) is 4.45. The monoisotopic (exact) mass is 306 g/mol. The zero-order valence-electron chi connectivity index (χ0n) is 11.2. The molecule has 0 aromatic heterocycles. The molecule has 120 valence electrons. The van der Waals surface area contributed by atoms with Gasteiger partial charge in [-0.15, -0.1) is 0 Å². The molecule has 1 fully saturated rings. The third-order valence-corrected chi connectivity index (χ3v) is 2.85. The first kappa shape index (κ1) is 18.8. The average Bonchev–Trinajstić information content (AvgIpc) is 2.38. The Bertz CT molecular complexity index is 354. The zero-order valence-corrected chi connectivity index (χ0v) is 11.2. The van der Waals surface area contributed by atoms with Gasteiger partial charge in [-0.05, 0) is 12.8 Å². The first-order valence-corrected chi connectivity index (χ1v) is 6.22. The summed E-state index contributed by atoms with van der Waals surface area (Å²) < 4.78 is 4.16. The Labute approximate surface area is 120 Å². The van der Waals surface area contributed by atoms with Crippen LogP contribution in [0.1, 0.15) is 25.7 Å². The minimum atomic E-state index is -1.17. The van der Waals surface area contributed by atoms with Crippen molar-refractivity contribution in [1.82, 2.24) is 0 Å². The van der Waals surface area contributed by atoms with E-state index in [1.54, 1.807) is 0 Å². The number of aliphatic carboxylic acids is 4. The van der Waals surface area contributed by atoms with Crippen molar-refractivity contribution in [3.8, 4) is 0 Å². The molecule has 0 spiro atoms. The number of ether oxygens (including phenoxy) is 1. The van der Waals surface area contributed by atoms with E-state index in [1.165, 1.54) is 0 Å². The predicted molar refractivity (Wildman–Crippen MR) is 66.8 cm³/mol. The molecule has 4 N–H and O–H groups in total. The molecule has 2 atom stereocenters. The smallest absolute Gasteiger partial charge is 0.329 e. The van der Waals surface area contributed by atoms with Crippen molar-refractivity contribution >= 4 is 23.9 Å². The third-order valence-electron chi connectivity index (χ3n) is 2.85. The van der Waals surface area contributed by atoms with Crippen LogP contribution in [0.25, 0.3) is 0 Å². The van der Waals surface area contributed by atoms with Crippen molar-refractivity contribution in [3.05, 3.63) is 0 Å². The second kappa shape index (κ2) is 9.70. The topological polar surface area (TPSA) is 158 Å². The molecule has 21 heavy (non-hydrogen) atoms. The van der Waals surface area contributed by atoms with Crippen LogP contribution in [0.5, 0.6) is 0 Å². The summed E-state index contributed by atoms with van der Waals surface area (Å²) in [5.41, 5.74) is 0. The Kier molecular flexibility index (Phi) is 8.70. The molecule has 0 saturated heterocycles. The maximum absolute atomic E-state index is 10.6. The normalized spacial score (nSPS) is 20.8. The highest BCUT2D eigenvalue weighted by Gasteiger charge is 2.35. The molecule has 0 aromatic carbocycles. The van der Waals surface area contributed by atoms with E-state index >= 15 is 0 Å². The first-order chi connectivity index (χ1) is 9.75. The van der Waals surface area contributed by atoms with Gasteiger partial charge in [0, 0.05) is 0 Å². The number of carboxylic acids is 4. The van der Waals surface area contributed by atoms with Crippen LogP contribution in [-0.2, 0) is 23.9 Å². The van der Waals surface area contributed by atoms with E-state index < -0.39 is 48.9 Å². The molecule has 0 amide bonds. The van der Waals surface area contributed by atoms with Crippen LogP contribution >= 0.6 is 0 Å². The van der Waals surface area contributed by atoms with Gasteiger partial charge in [0.25, 0.3) is 0 Å². The van der Waals surface area contributed by atoms with Gasteiger partial charge in [0.05, 0.1) is 11.8 Å². The summed E-state index contributed by atoms with van der Waals surface area (Å²) in [7, 11) is 0. The van der Waals surface area contributed by atoms with Gasteiger partial charge in [-0.25, -0.2) is 9.59 Å². The second-order valence-electron chi connectivity index (χ2n) is 4.45. The largest absolute Gasteiger partial charge is 0.481 e. The van der Waals surface area contributed by atoms with Crippen LogP contribution in [-0.4, -0.2) is 57.5 Å². The van der Waals surface area contributed by atoms with Crippen LogP contribution in [0.4, 0.5) is 0 Å². The lowest BCUT2D eigenvalue weighted by Gasteiger charge is -2.24. The van der Waals surface area contributed by atoms with E-state index in [1.807, 2.05) is 0 Å². The van der Waals surface area contributed by atoms with Crippen molar-refractivity contribution in [2.45, 2.75) is 25.7 Å². The quantitative estimate of drug-likeness (QED) is 0.535. The van der Waals surface area contributed by atoms with E-state index in [2.05, 4.69) is 4.74 Å². The van der Waals surface area contributed by atoms with Gasteiger partial charge in [0.1, 0.15) is 13.2 Å². The molecule has 1 aliphatic rings. The van der Waals surface area contributed by atoms with Crippen LogP contribution in [0, 0.1) is 11.8 Å². The summed E-state index contributed by atoms with van der Waals surface area (Å²) in [4.78, 5) is 40.5. The third kappa shape index (κ3) is 8.58. The van der Waals surface area contributed by atoms with Crippen molar-refractivity contribution in [2.24, 2.45) is 11.8 Å².